The van der Waals surface area contributed by atoms with Gasteiger partial charge in [0, 0.05) is 24.7 Å². The fourth-order valence-electron chi connectivity index (χ4n) is 3.60. The summed E-state index contributed by atoms with van der Waals surface area (Å²) in [6.45, 7) is 2.10. The lowest BCUT2D eigenvalue weighted by atomic mass is 10.0. The summed E-state index contributed by atoms with van der Waals surface area (Å²) in [6, 6.07) is 4.57. The molecule has 0 fully saturated rings. The van der Waals surface area contributed by atoms with E-state index in [1.54, 1.807) is 13.0 Å². The van der Waals surface area contributed by atoms with E-state index in [4.69, 9.17) is 16.3 Å². The number of benzene rings is 1. The van der Waals surface area contributed by atoms with Crippen molar-refractivity contribution in [1.82, 2.24) is 24.8 Å². The van der Waals surface area contributed by atoms with Crippen LogP contribution in [0.25, 0.3) is 16.8 Å². The first-order chi connectivity index (χ1) is 13.9. The minimum absolute atomic E-state index is 0.0272. The second-order valence-corrected chi connectivity index (χ2v) is 6.83. The predicted octanol–water partition coefficient (Wildman–Crippen LogP) is 2.39. The van der Waals surface area contributed by atoms with Crippen molar-refractivity contribution >= 4 is 17.6 Å². The lowest BCUT2D eigenvalue weighted by Crippen LogP contribution is -2.27. The molecule has 1 aliphatic heterocycles. The van der Waals surface area contributed by atoms with E-state index in [9.17, 15) is 14.7 Å². The summed E-state index contributed by atoms with van der Waals surface area (Å²) < 4.78 is 23.1. The van der Waals surface area contributed by atoms with Crippen LogP contribution < -0.4 is 5.56 Å². The Labute approximate surface area is 168 Å². The van der Waals surface area contributed by atoms with E-state index in [-0.39, 0.29) is 28.3 Å². The van der Waals surface area contributed by atoms with Crippen molar-refractivity contribution in [1.29, 1.82) is 0 Å². The highest BCUT2D eigenvalue weighted by Gasteiger charge is 2.37. The number of carboxylic acids is 1. The van der Waals surface area contributed by atoms with E-state index in [0.29, 0.717) is 12.3 Å². The van der Waals surface area contributed by atoms with Crippen LogP contribution in [0.5, 0.6) is 0 Å². The molecule has 0 radical (unpaired) electrons. The summed E-state index contributed by atoms with van der Waals surface area (Å²) in [5, 5.41) is 20.2. The Balaban J connectivity index is 1.96. The number of rotatable bonds is 5. The van der Waals surface area contributed by atoms with Crippen molar-refractivity contribution in [3.8, 4) is 16.8 Å². The standard InChI is InChI=1S/C18H15ClFN5O4/c1-2-29-14-7-13(18(27)28)25-12(14)5-9(6-15(25)26)16-11(24-8-21-22-23-24)4-3-10(19)17(16)20/h3-6,8,13-14H,2,7H2,1H3,(H,27,28). The average molecular weight is 420 g/mol. The van der Waals surface area contributed by atoms with Crippen LogP contribution in [-0.2, 0) is 9.53 Å². The van der Waals surface area contributed by atoms with Crippen LogP contribution in [0.1, 0.15) is 31.2 Å². The van der Waals surface area contributed by atoms with E-state index >= 15 is 4.39 Å². The fraction of sp³-hybridized carbons (Fsp3) is 0.278. The molecule has 4 rings (SSSR count). The van der Waals surface area contributed by atoms with Gasteiger partial charge in [-0.05, 0) is 41.1 Å². The van der Waals surface area contributed by atoms with Crippen molar-refractivity contribution in [2.75, 3.05) is 6.61 Å². The molecule has 1 aliphatic rings. The van der Waals surface area contributed by atoms with Crippen molar-refractivity contribution in [2.24, 2.45) is 0 Å². The smallest absolute Gasteiger partial charge is 0.326 e. The van der Waals surface area contributed by atoms with Gasteiger partial charge in [-0.15, -0.1) is 5.10 Å². The zero-order valence-electron chi connectivity index (χ0n) is 15.1. The van der Waals surface area contributed by atoms with Crippen LogP contribution in [0.4, 0.5) is 4.39 Å². The van der Waals surface area contributed by atoms with Gasteiger partial charge in [-0.2, -0.15) is 4.68 Å². The Bertz CT molecular complexity index is 1150. The third-order valence-electron chi connectivity index (χ3n) is 4.79. The van der Waals surface area contributed by atoms with Gasteiger partial charge in [-0.25, -0.2) is 9.18 Å². The van der Waals surface area contributed by atoms with E-state index in [1.165, 1.54) is 33.8 Å². The molecule has 0 aliphatic carbocycles. The monoisotopic (exact) mass is 419 g/mol. The Kier molecular flexibility index (Phi) is 4.89. The number of aromatic nitrogens is 5. The molecular formula is C18H15ClFN5O4. The first kappa shape index (κ1) is 19.2. The average Bonchev–Trinajstić information content (AvgIpc) is 3.33. The number of fused-ring (bicyclic) bond motifs is 1. The number of hydrogen-bond acceptors (Lipinski definition) is 6. The van der Waals surface area contributed by atoms with E-state index in [2.05, 4.69) is 15.5 Å². The minimum atomic E-state index is -1.13. The van der Waals surface area contributed by atoms with Crippen LogP contribution >= 0.6 is 11.6 Å². The zero-order valence-corrected chi connectivity index (χ0v) is 15.9. The summed E-state index contributed by atoms with van der Waals surface area (Å²) in [5.41, 5.74) is 0.321. The summed E-state index contributed by atoms with van der Waals surface area (Å²) >= 11 is 5.98. The fourth-order valence-corrected chi connectivity index (χ4v) is 3.76. The maximum Gasteiger partial charge on any atom is 0.326 e. The number of carbonyl (C=O) groups is 1. The normalized spacial score (nSPS) is 18.0. The molecule has 2 unspecified atom stereocenters. The quantitative estimate of drug-likeness (QED) is 0.675. The molecule has 0 amide bonds. The Morgan fingerprint density at radius 3 is 2.86 bits per heavy atom. The highest BCUT2D eigenvalue weighted by atomic mass is 35.5. The second-order valence-electron chi connectivity index (χ2n) is 6.42. The molecule has 2 atom stereocenters. The van der Waals surface area contributed by atoms with Gasteiger partial charge < -0.3 is 9.84 Å². The van der Waals surface area contributed by atoms with Crippen LogP contribution in [-0.4, -0.2) is 42.5 Å². The SMILES string of the molecule is CCOC1CC(C(=O)O)n2c1cc(-c1c(-n3cnnn3)ccc(Cl)c1F)cc2=O. The Hall–Kier alpha value is -3.11. The first-order valence-corrected chi connectivity index (χ1v) is 9.12. The number of tetrazole rings is 1. The van der Waals surface area contributed by atoms with Gasteiger partial charge in [-0.3, -0.25) is 9.36 Å². The van der Waals surface area contributed by atoms with Crippen molar-refractivity contribution in [3.05, 3.63) is 57.5 Å². The molecule has 3 heterocycles. The molecule has 150 valence electrons. The van der Waals surface area contributed by atoms with Gasteiger partial charge in [0.2, 0.25) is 0 Å². The highest BCUT2D eigenvalue weighted by Crippen LogP contribution is 2.39. The van der Waals surface area contributed by atoms with Crippen LogP contribution in [0.3, 0.4) is 0 Å². The third kappa shape index (κ3) is 3.19. The largest absolute Gasteiger partial charge is 0.480 e. The Morgan fingerprint density at radius 1 is 1.41 bits per heavy atom. The van der Waals surface area contributed by atoms with Crippen molar-refractivity contribution < 1.29 is 19.0 Å². The van der Waals surface area contributed by atoms with Crippen molar-refractivity contribution in [3.63, 3.8) is 0 Å². The summed E-state index contributed by atoms with van der Waals surface area (Å²) in [7, 11) is 0. The number of halogens is 2. The maximum atomic E-state index is 15.0. The number of hydrogen-bond donors (Lipinski definition) is 1. The van der Waals surface area contributed by atoms with E-state index in [0.717, 1.165) is 0 Å². The summed E-state index contributed by atoms with van der Waals surface area (Å²) in [6.07, 6.45) is 0.794. The maximum absolute atomic E-state index is 15.0. The molecule has 9 nitrogen and oxygen atoms in total. The molecule has 0 bridgehead atoms. The van der Waals surface area contributed by atoms with Gasteiger partial charge in [0.25, 0.3) is 5.56 Å². The topological polar surface area (TPSA) is 112 Å². The molecule has 0 spiro atoms. The molecule has 11 heteroatoms. The third-order valence-corrected chi connectivity index (χ3v) is 5.08. The first-order valence-electron chi connectivity index (χ1n) is 8.75. The van der Waals surface area contributed by atoms with Gasteiger partial charge >= 0.3 is 5.97 Å². The number of aliphatic carboxylic acids is 1. The van der Waals surface area contributed by atoms with Crippen LogP contribution in [0, 0.1) is 5.82 Å². The van der Waals surface area contributed by atoms with E-state index in [1.807, 2.05) is 0 Å². The van der Waals surface area contributed by atoms with Gasteiger partial charge in [0.1, 0.15) is 18.5 Å². The van der Waals surface area contributed by atoms with Gasteiger partial charge in [0.05, 0.1) is 16.4 Å². The number of pyridine rings is 1. The number of carboxylic acid groups (broad SMARTS) is 1. The second kappa shape index (κ2) is 7.37. The Morgan fingerprint density at radius 2 is 2.21 bits per heavy atom. The summed E-state index contributed by atoms with van der Waals surface area (Å²) in [4.78, 5) is 24.4. The molecule has 0 saturated carbocycles. The zero-order chi connectivity index (χ0) is 20.7. The molecule has 0 saturated heterocycles. The molecular weight excluding hydrogens is 405 g/mol. The molecule has 29 heavy (non-hydrogen) atoms. The van der Waals surface area contributed by atoms with Gasteiger partial charge in [0.15, 0.2) is 5.82 Å². The number of nitrogens with zero attached hydrogens (tertiary/aromatic N) is 5. The molecule has 1 aromatic carbocycles. The molecule has 1 N–H and O–H groups in total. The highest BCUT2D eigenvalue weighted by molar-refractivity contribution is 6.31. The lowest BCUT2D eigenvalue weighted by Gasteiger charge is -2.15. The van der Waals surface area contributed by atoms with E-state index < -0.39 is 29.5 Å². The summed E-state index contributed by atoms with van der Waals surface area (Å²) in [5.74, 6) is -1.88. The number of ether oxygens (including phenoxy) is 1. The van der Waals surface area contributed by atoms with Gasteiger partial charge in [-0.1, -0.05) is 11.6 Å². The molecule has 3 aromatic rings. The van der Waals surface area contributed by atoms with Crippen molar-refractivity contribution in [2.45, 2.75) is 25.5 Å². The lowest BCUT2D eigenvalue weighted by molar-refractivity contribution is -0.141. The molecule has 2 aromatic heterocycles. The van der Waals surface area contributed by atoms with Crippen LogP contribution in [0.15, 0.2) is 35.4 Å². The van der Waals surface area contributed by atoms with Crippen LogP contribution in [0.2, 0.25) is 5.02 Å². The minimum Gasteiger partial charge on any atom is -0.480 e. The predicted molar refractivity (Wildman–Crippen MR) is 99.5 cm³/mol.